The van der Waals surface area contributed by atoms with Crippen molar-refractivity contribution >= 4 is 10.8 Å². The standard InChI is InChI=1S/C18H21NO3S/c1-13(14-7-9-16(10-8-14)23(2)20)19-11-15-12-21-17-5-3-4-6-18(17)22-15/h3-10,13,15,19H,11-12H2,1-2H3. The topological polar surface area (TPSA) is 47.6 Å². The minimum Gasteiger partial charge on any atom is -0.486 e. The van der Waals surface area contributed by atoms with E-state index in [1.54, 1.807) is 6.26 Å². The van der Waals surface area contributed by atoms with Gasteiger partial charge in [-0.1, -0.05) is 24.3 Å². The van der Waals surface area contributed by atoms with Crippen molar-refractivity contribution in [1.29, 1.82) is 0 Å². The van der Waals surface area contributed by atoms with E-state index in [0.717, 1.165) is 22.0 Å². The second kappa shape index (κ2) is 7.15. The van der Waals surface area contributed by atoms with Gasteiger partial charge in [-0.25, -0.2) is 0 Å². The number of hydrogen-bond donors (Lipinski definition) is 1. The molecule has 0 saturated carbocycles. The zero-order valence-electron chi connectivity index (χ0n) is 13.3. The van der Waals surface area contributed by atoms with Crippen LogP contribution in [0.4, 0.5) is 0 Å². The first-order valence-corrected chi connectivity index (χ1v) is 9.24. The van der Waals surface area contributed by atoms with Crippen LogP contribution in [0.5, 0.6) is 11.5 Å². The molecule has 23 heavy (non-hydrogen) atoms. The molecule has 1 aliphatic rings. The van der Waals surface area contributed by atoms with Crippen LogP contribution in [0.15, 0.2) is 53.4 Å². The van der Waals surface area contributed by atoms with Crippen molar-refractivity contribution in [2.24, 2.45) is 0 Å². The zero-order chi connectivity index (χ0) is 16.2. The van der Waals surface area contributed by atoms with Crippen LogP contribution in [0.1, 0.15) is 18.5 Å². The number of rotatable bonds is 5. The quantitative estimate of drug-likeness (QED) is 0.915. The third-order valence-electron chi connectivity index (χ3n) is 3.93. The number of hydrogen-bond acceptors (Lipinski definition) is 4. The molecule has 1 aliphatic heterocycles. The fraction of sp³-hybridized carbons (Fsp3) is 0.333. The predicted molar refractivity (Wildman–Crippen MR) is 91.5 cm³/mol. The van der Waals surface area contributed by atoms with Gasteiger partial charge in [0.15, 0.2) is 11.5 Å². The molecule has 1 heterocycles. The largest absolute Gasteiger partial charge is 0.486 e. The van der Waals surface area contributed by atoms with Gasteiger partial charge in [0.2, 0.25) is 0 Å². The minimum atomic E-state index is -0.936. The summed E-state index contributed by atoms with van der Waals surface area (Å²) in [6.07, 6.45) is 1.68. The second-order valence-electron chi connectivity index (χ2n) is 5.65. The van der Waals surface area contributed by atoms with Gasteiger partial charge in [0.05, 0.1) is 0 Å². The van der Waals surface area contributed by atoms with Gasteiger partial charge in [0, 0.05) is 34.5 Å². The number of fused-ring (bicyclic) bond motifs is 1. The SMILES string of the molecule is CC(NCC1COc2ccccc2O1)c1ccc(S(C)=O)cc1. The van der Waals surface area contributed by atoms with Crippen molar-refractivity contribution in [2.75, 3.05) is 19.4 Å². The molecule has 1 N–H and O–H groups in total. The summed E-state index contributed by atoms with van der Waals surface area (Å²) in [5.41, 5.74) is 1.16. The summed E-state index contributed by atoms with van der Waals surface area (Å²) < 4.78 is 23.1. The maximum atomic E-state index is 11.4. The molecule has 0 saturated heterocycles. The summed E-state index contributed by atoms with van der Waals surface area (Å²) in [5, 5.41) is 3.47. The van der Waals surface area contributed by atoms with Crippen molar-refractivity contribution in [2.45, 2.75) is 24.0 Å². The van der Waals surface area contributed by atoms with Gasteiger partial charge in [0.1, 0.15) is 12.7 Å². The predicted octanol–water partition coefficient (Wildman–Crippen LogP) is 2.91. The highest BCUT2D eigenvalue weighted by molar-refractivity contribution is 7.84. The summed E-state index contributed by atoms with van der Waals surface area (Å²) >= 11 is 0. The Balaban J connectivity index is 1.55. The molecule has 3 unspecified atom stereocenters. The summed E-state index contributed by atoms with van der Waals surface area (Å²) in [7, 11) is -0.936. The minimum absolute atomic E-state index is 0.00484. The molecule has 4 nitrogen and oxygen atoms in total. The Morgan fingerprint density at radius 2 is 1.87 bits per heavy atom. The van der Waals surface area contributed by atoms with Crippen LogP contribution in [0.25, 0.3) is 0 Å². The van der Waals surface area contributed by atoms with E-state index < -0.39 is 10.8 Å². The molecule has 0 spiro atoms. The van der Waals surface area contributed by atoms with Crippen LogP contribution in [0.2, 0.25) is 0 Å². The van der Waals surface area contributed by atoms with Crippen LogP contribution in [0, 0.1) is 0 Å². The molecule has 0 fully saturated rings. The molecule has 0 bridgehead atoms. The van der Waals surface area contributed by atoms with E-state index in [9.17, 15) is 4.21 Å². The Bertz CT molecular complexity index is 687. The third-order valence-corrected chi connectivity index (χ3v) is 4.87. The van der Waals surface area contributed by atoms with Crippen molar-refractivity contribution in [3.8, 4) is 11.5 Å². The third kappa shape index (κ3) is 3.92. The van der Waals surface area contributed by atoms with Gasteiger partial charge in [0.25, 0.3) is 0 Å². The fourth-order valence-corrected chi connectivity index (χ4v) is 3.06. The van der Waals surface area contributed by atoms with Gasteiger partial charge in [-0.15, -0.1) is 0 Å². The van der Waals surface area contributed by atoms with E-state index in [1.807, 2.05) is 48.5 Å². The Morgan fingerprint density at radius 3 is 2.57 bits per heavy atom. The van der Waals surface area contributed by atoms with Crippen molar-refractivity contribution in [3.05, 3.63) is 54.1 Å². The first-order chi connectivity index (χ1) is 11.1. The fourth-order valence-electron chi connectivity index (χ4n) is 2.54. The van der Waals surface area contributed by atoms with Crippen molar-refractivity contribution < 1.29 is 13.7 Å². The first-order valence-electron chi connectivity index (χ1n) is 7.69. The summed E-state index contributed by atoms with van der Waals surface area (Å²) in [6, 6.07) is 15.8. The zero-order valence-corrected chi connectivity index (χ0v) is 14.1. The van der Waals surface area contributed by atoms with E-state index in [0.29, 0.717) is 13.2 Å². The Hall–Kier alpha value is -1.85. The highest BCUT2D eigenvalue weighted by Gasteiger charge is 2.21. The van der Waals surface area contributed by atoms with Crippen LogP contribution >= 0.6 is 0 Å². The lowest BCUT2D eigenvalue weighted by atomic mass is 10.1. The number of para-hydroxylation sites is 2. The normalized spacial score (nSPS) is 19.1. The van der Waals surface area contributed by atoms with Gasteiger partial charge in [-0.05, 0) is 36.8 Å². The number of benzene rings is 2. The van der Waals surface area contributed by atoms with Crippen LogP contribution in [0.3, 0.4) is 0 Å². The summed E-state index contributed by atoms with van der Waals surface area (Å²) in [6.45, 7) is 3.36. The molecule has 2 aromatic carbocycles. The molecule has 3 rings (SSSR count). The Morgan fingerprint density at radius 1 is 1.17 bits per heavy atom. The van der Waals surface area contributed by atoms with Crippen molar-refractivity contribution in [1.82, 2.24) is 5.32 Å². The lowest BCUT2D eigenvalue weighted by Gasteiger charge is -2.27. The monoisotopic (exact) mass is 331 g/mol. The van der Waals surface area contributed by atoms with Gasteiger partial charge < -0.3 is 14.8 Å². The van der Waals surface area contributed by atoms with Gasteiger partial charge in [-0.3, -0.25) is 4.21 Å². The van der Waals surface area contributed by atoms with E-state index in [-0.39, 0.29) is 12.1 Å². The molecule has 0 amide bonds. The highest BCUT2D eigenvalue weighted by Crippen LogP contribution is 2.30. The molecular weight excluding hydrogens is 310 g/mol. The Labute approximate surface area is 139 Å². The smallest absolute Gasteiger partial charge is 0.161 e. The molecule has 3 atom stereocenters. The maximum absolute atomic E-state index is 11.4. The summed E-state index contributed by atoms with van der Waals surface area (Å²) in [5.74, 6) is 1.60. The average Bonchev–Trinajstić information content (AvgIpc) is 2.59. The van der Waals surface area contributed by atoms with Crippen LogP contribution in [-0.2, 0) is 10.8 Å². The van der Waals surface area contributed by atoms with E-state index in [1.165, 1.54) is 0 Å². The molecule has 0 aliphatic carbocycles. The lowest BCUT2D eigenvalue weighted by molar-refractivity contribution is 0.0886. The molecule has 2 aromatic rings. The van der Waals surface area contributed by atoms with Crippen molar-refractivity contribution in [3.63, 3.8) is 0 Å². The molecule has 0 radical (unpaired) electrons. The number of nitrogens with one attached hydrogen (secondary N) is 1. The average molecular weight is 331 g/mol. The van der Waals surface area contributed by atoms with Crippen LogP contribution in [-0.4, -0.2) is 29.7 Å². The molecule has 122 valence electrons. The highest BCUT2D eigenvalue weighted by atomic mass is 32.2. The van der Waals surface area contributed by atoms with Gasteiger partial charge >= 0.3 is 0 Å². The van der Waals surface area contributed by atoms with E-state index in [4.69, 9.17) is 9.47 Å². The van der Waals surface area contributed by atoms with Gasteiger partial charge in [-0.2, -0.15) is 0 Å². The summed E-state index contributed by atoms with van der Waals surface area (Å²) in [4.78, 5) is 0.849. The lowest BCUT2D eigenvalue weighted by Crippen LogP contribution is -2.39. The second-order valence-corrected chi connectivity index (χ2v) is 7.03. The Kier molecular flexibility index (Phi) is 4.98. The first kappa shape index (κ1) is 16.0. The van der Waals surface area contributed by atoms with Crippen LogP contribution < -0.4 is 14.8 Å². The molecule has 5 heteroatoms. The molecular formula is C18H21NO3S. The number of ether oxygens (including phenoxy) is 2. The van der Waals surface area contributed by atoms with E-state index in [2.05, 4.69) is 12.2 Å². The van der Waals surface area contributed by atoms with E-state index >= 15 is 0 Å². The maximum Gasteiger partial charge on any atom is 0.161 e. The molecule has 0 aromatic heterocycles.